The van der Waals surface area contributed by atoms with E-state index in [1.807, 2.05) is 12.1 Å². The summed E-state index contributed by atoms with van der Waals surface area (Å²) in [5.74, 6) is 0.552. The Hall–Kier alpha value is -0.410. The topological polar surface area (TPSA) is 12.0 Å². The second-order valence-corrected chi connectivity index (χ2v) is 7.17. The van der Waals surface area contributed by atoms with Crippen LogP contribution in [-0.2, 0) is 6.42 Å². The lowest BCUT2D eigenvalue weighted by Gasteiger charge is -2.20. The Morgan fingerprint density at radius 3 is 2.68 bits per heavy atom. The quantitative estimate of drug-likeness (QED) is 0.808. The molecule has 3 heteroatoms. The van der Waals surface area contributed by atoms with Crippen LogP contribution in [0.15, 0.2) is 22.7 Å². The second-order valence-electron chi connectivity index (χ2n) is 6.31. The van der Waals surface area contributed by atoms with Crippen molar-refractivity contribution in [1.82, 2.24) is 5.32 Å². The minimum absolute atomic E-state index is 0.187. The maximum atomic E-state index is 13.3. The summed E-state index contributed by atoms with van der Waals surface area (Å²) < 4.78 is 13.8. The summed E-state index contributed by atoms with van der Waals surface area (Å²) in [6, 6.07) is 5.86. The van der Waals surface area contributed by atoms with Crippen molar-refractivity contribution in [2.45, 2.75) is 46.1 Å². The van der Waals surface area contributed by atoms with Crippen molar-refractivity contribution >= 4 is 15.9 Å². The summed E-state index contributed by atoms with van der Waals surface area (Å²) >= 11 is 3.27. The molecule has 0 amide bonds. The first kappa shape index (κ1) is 15.0. The maximum absolute atomic E-state index is 13.3. The highest BCUT2D eigenvalue weighted by Crippen LogP contribution is 2.54. The van der Waals surface area contributed by atoms with Crippen LogP contribution >= 0.6 is 15.9 Å². The van der Waals surface area contributed by atoms with Crippen LogP contribution < -0.4 is 5.32 Å². The van der Waals surface area contributed by atoms with E-state index in [-0.39, 0.29) is 5.82 Å². The monoisotopic (exact) mass is 327 g/mol. The van der Waals surface area contributed by atoms with Crippen molar-refractivity contribution in [2.24, 2.45) is 11.3 Å². The molecule has 1 N–H and O–H groups in total. The van der Waals surface area contributed by atoms with Crippen LogP contribution in [0.3, 0.4) is 0 Å². The fraction of sp³-hybridized carbons (Fsp3) is 0.625. The van der Waals surface area contributed by atoms with Gasteiger partial charge in [-0.2, -0.15) is 0 Å². The molecule has 0 aromatic heterocycles. The Balaban J connectivity index is 2.05. The number of halogens is 2. The third-order valence-corrected chi connectivity index (χ3v) is 4.78. The van der Waals surface area contributed by atoms with Crippen molar-refractivity contribution in [3.8, 4) is 0 Å². The SMILES string of the molecule is CCCNC(Cc1ccc(F)c(Br)c1)C1CC1(C)C. The fourth-order valence-electron chi connectivity index (χ4n) is 2.80. The summed E-state index contributed by atoms with van der Waals surface area (Å²) in [4.78, 5) is 0. The first-order valence-corrected chi connectivity index (χ1v) is 7.90. The van der Waals surface area contributed by atoms with Crippen molar-refractivity contribution in [1.29, 1.82) is 0 Å². The van der Waals surface area contributed by atoms with Gasteiger partial charge in [0.25, 0.3) is 0 Å². The van der Waals surface area contributed by atoms with Crippen molar-refractivity contribution in [3.05, 3.63) is 34.1 Å². The number of rotatable bonds is 6. The Morgan fingerprint density at radius 2 is 2.16 bits per heavy atom. The van der Waals surface area contributed by atoms with Gasteiger partial charge >= 0.3 is 0 Å². The van der Waals surface area contributed by atoms with Crippen LogP contribution in [0.5, 0.6) is 0 Å². The number of hydrogen-bond donors (Lipinski definition) is 1. The van der Waals surface area contributed by atoms with E-state index in [9.17, 15) is 4.39 Å². The largest absolute Gasteiger partial charge is 0.313 e. The molecular weight excluding hydrogens is 305 g/mol. The van der Waals surface area contributed by atoms with E-state index in [0.29, 0.717) is 15.9 Å². The molecule has 106 valence electrons. The van der Waals surface area contributed by atoms with Gasteiger partial charge < -0.3 is 5.32 Å². The van der Waals surface area contributed by atoms with Crippen LogP contribution in [0, 0.1) is 17.2 Å². The van der Waals surface area contributed by atoms with E-state index in [4.69, 9.17) is 0 Å². The molecule has 2 rings (SSSR count). The van der Waals surface area contributed by atoms with Crippen LogP contribution in [-0.4, -0.2) is 12.6 Å². The summed E-state index contributed by atoms with van der Waals surface area (Å²) in [7, 11) is 0. The zero-order chi connectivity index (χ0) is 14.0. The summed E-state index contributed by atoms with van der Waals surface area (Å²) in [6.45, 7) is 7.91. The zero-order valence-electron chi connectivity index (χ0n) is 12.0. The minimum Gasteiger partial charge on any atom is -0.313 e. The van der Waals surface area contributed by atoms with Gasteiger partial charge in [0.1, 0.15) is 5.82 Å². The van der Waals surface area contributed by atoms with Gasteiger partial charge in [0.05, 0.1) is 4.47 Å². The Kier molecular flexibility index (Phi) is 4.67. The first-order valence-electron chi connectivity index (χ1n) is 7.11. The Labute approximate surface area is 124 Å². The lowest BCUT2D eigenvalue weighted by molar-refractivity contribution is 0.402. The van der Waals surface area contributed by atoms with Crippen LogP contribution in [0.4, 0.5) is 4.39 Å². The van der Waals surface area contributed by atoms with Gasteiger partial charge in [-0.1, -0.05) is 26.8 Å². The molecule has 0 radical (unpaired) electrons. The minimum atomic E-state index is -0.187. The summed E-state index contributed by atoms with van der Waals surface area (Å²) in [6.07, 6.45) is 3.42. The van der Waals surface area contributed by atoms with E-state index in [1.165, 1.54) is 12.0 Å². The average Bonchev–Trinajstić information content (AvgIpc) is 2.98. The van der Waals surface area contributed by atoms with Gasteiger partial charge in [-0.05, 0) is 70.8 Å². The molecule has 1 saturated carbocycles. The van der Waals surface area contributed by atoms with Crippen LogP contribution in [0.25, 0.3) is 0 Å². The lowest BCUT2D eigenvalue weighted by atomic mass is 9.97. The van der Waals surface area contributed by atoms with Crippen LogP contribution in [0.1, 0.15) is 39.2 Å². The highest BCUT2D eigenvalue weighted by molar-refractivity contribution is 9.10. The Bertz CT molecular complexity index is 444. The molecule has 2 unspecified atom stereocenters. The van der Waals surface area contributed by atoms with Crippen molar-refractivity contribution in [2.75, 3.05) is 6.54 Å². The van der Waals surface area contributed by atoms with Gasteiger partial charge in [-0.25, -0.2) is 4.39 Å². The highest BCUT2D eigenvalue weighted by atomic mass is 79.9. The molecule has 0 saturated heterocycles. The predicted octanol–water partition coefficient (Wildman–Crippen LogP) is 4.55. The van der Waals surface area contributed by atoms with Crippen molar-refractivity contribution < 1.29 is 4.39 Å². The van der Waals surface area contributed by atoms with Crippen molar-refractivity contribution in [3.63, 3.8) is 0 Å². The molecule has 1 fully saturated rings. The molecule has 1 nitrogen and oxygen atoms in total. The third-order valence-electron chi connectivity index (χ3n) is 4.17. The van der Waals surface area contributed by atoms with Gasteiger partial charge in [-0.3, -0.25) is 0 Å². The molecule has 19 heavy (non-hydrogen) atoms. The maximum Gasteiger partial charge on any atom is 0.137 e. The van der Waals surface area contributed by atoms with Gasteiger partial charge in [0.15, 0.2) is 0 Å². The number of benzene rings is 1. The normalized spacial score (nSPS) is 22.3. The molecule has 1 aromatic rings. The molecular formula is C16H23BrFN. The second kappa shape index (κ2) is 5.92. The van der Waals surface area contributed by atoms with E-state index in [2.05, 4.69) is 42.0 Å². The molecule has 1 aliphatic rings. The summed E-state index contributed by atoms with van der Waals surface area (Å²) in [5.41, 5.74) is 1.66. The van der Waals surface area contributed by atoms with Gasteiger partial charge in [0, 0.05) is 6.04 Å². The molecule has 0 aliphatic heterocycles. The fourth-order valence-corrected chi connectivity index (χ4v) is 3.23. The average molecular weight is 328 g/mol. The number of hydrogen-bond acceptors (Lipinski definition) is 1. The number of nitrogens with one attached hydrogen (secondary N) is 1. The standard InChI is InChI=1S/C16H23BrFN/c1-4-7-19-15(12-10-16(12,2)3)9-11-5-6-14(18)13(17)8-11/h5-6,8,12,15,19H,4,7,9-10H2,1-3H3. The lowest BCUT2D eigenvalue weighted by Crippen LogP contribution is -2.35. The Morgan fingerprint density at radius 1 is 1.47 bits per heavy atom. The smallest absolute Gasteiger partial charge is 0.137 e. The molecule has 0 spiro atoms. The zero-order valence-corrected chi connectivity index (χ0v) is 13.6. The van der Waals surface area contributed by atoms with E-state index in [0.717, 1.165) is 25.3 Å². The first-order chi connectivity index (χ1) is 8.94. The highest BCUT2D eigenvalue weighted by Gasteiger charge is 2.49. The molecule has 0 bridgehead atoms. The van der Waals surface area contributed by atoms with E-state index >= 15 is 0 Å². The molecule has 1 aliphatic carbocycles. The third kappa shape index (κ3) is 3.79. The summed E-state index contributed by atoms with van der Waals surface area (Å²) in [5, 5.41) is 3.66. The van der Waals surface area contributed by atoms with E-state index in [1.54, 1.807) is 6.07 Å². The van der Waals surface area contributed by atoms with Gasteiger partial charge in [0.2, 0.25) is 0 Å². The predicted molar refractivity (Wildman–Crippen MR) is 81.8 cm³/mol. The molecule has 2 atom stereocenters. The van der Waals surface area contributed by atoms with Crippen LogP contribution in [0.2, 0.25) is 0 Å². The molecule has 1 aromatic carbocycles. The van der Waals surface area contributed by atoms with E-state index < -0.39 is 0 Å². The molecule has 0 heterocycles. The van der Waals surface area contributed by atoms with Gasteiger partial charge in [-0.15, -0.1) is 0 Å².